The van der Waals surface area contributed by atoms with E-state index in [1.54, 1.807) is 24.3 Å². The number of benzene rings is 3. The van der Waals surface area contributed by atoms with Gasteiger partial charge in [0.1, 0.15) is 0 Å². The van der Waals surface area contributed by atoms with Gasteiger partial charge in [-0.3, -0.25) is 9.10 Å². The van der Waals surface area contributed by atoms with Gasteiger partial charge in [-0.25, -0.2) is 8.42 Å². The monoisotopic (exact) mass is 450 g/mol. The molecule has 0 heterocycles. The molecule has 0 saturated carbocycles. The second-order valence-corrected chi connectivity index (χ2v) is 10.2. The molecule has 0 aliphatic heterocycles. The minimum Gasteiger partial charge on any atom is -0.351 e. The van der Waals surface area contributed by atoms with Gasteiger partial charge in [-0.05, 0) is 54.7 Å². The van der Waals surface area contributed by atoms with Crippen LogP contribution in [-0.4, -0.2) is 27.1 Å². The Morgan fingerprint density at radius 2 is 1.62 bits per heavy atom. The third kappa shape index (κ3) is 5.98. The lowest BCUT2D eigenvalue weighted by Crippen LogP contribution is -2.30. The molecule has 0 aliphatic carbocycles. The van der Waals surface area contributed by atoms with Gasteiger partial charge in [0, 0.05) is 12.1 Å². The van der Waals surface area contributed by atoms with Gasteiger partial charge < -0.3 is 5.32 Å². The van der Waals surface area contributed by atoms with Crippen molar-refractivity contribution in [2.75, 3.05) is 17.1 Å². The summed E-state index contributed by atoms with van der Waals surface area (Å²) in [5.74, 6) is 0.0640. The first-order valence-electron chi connectivity index (χ1n) is 10.6. The Morgan fingerprint density at radius 3 is 2.22 bits per heavy atom. The van der Waals surface area contributed by atoms with Gasteiger partial charge in [-0.2, -0.15) is 0 Å². The van der Waals surface area contributed by atoms with E-state index in [4.69, 9.17) is 0 Å². The first-order valence-corrected chi connectivity index (χ1v) is 12.5. The molecule has 0 radical (unpaired) electrons. The molecule has 0 unspecified atom stereocenters. The SMILES string of the molecule is Cc1ccc(N(Cc2ccc(C(=O)NC[C@@H](C)c3ccccc3)cc2)S(C)(=O)=O)c(C)c1. The van der Waals surface area contributed by atoms with Crippen LogP contribution in [-0.2, 0) is 16.6 Å². The average Bonchev–Trinajstić information content (AvgIpc) is 2.76. The van der Waals surface area contributed by atoms with E-state index >= 15 is 0 Å². The van der Waals surface area contributed by atoms with Crippen LogP contribution in [0.3, 0.4) is 0 Å². The van der Waals surface area contributed by atoms with Gasteiger partial charge >= 0.3 is 0 Å². The maximum Gasteiger partial charge on any atom is 0.251 e. The molecule has 3 aromatic carbocycles. The summed E-state index contributed by atoms with van der Waals surface area (Å²) in [6.45, 7) is 6.71. The van der Waals surface area contributed by atoms with Crippen LogP contribution >= 0.6 is 0 Å². The fourth-order valence-corrected chi connectivity index (χ4v) is 4.59. The van der Waals surface area contributed by atoms with Gasteiger partial charge in [0.25, 0.3) is 5.91 Å². The van der Waals surface area contributed by atoms with E-state index in [1.807, 2.05) is 50.2 Å². The Hall–Kier alpha value is -3.12. The van der Waals surface area contributed by atoms with Crippen LogP contribution in [0.4, 0.5) is 5.69 Å². The normalized spacial score (nSPS) is 12.2. The first-order chi connectivity index (χ1) is 15.1. The van der Waals surface area contributed by atoms with Gasteiger partial charge in [-0.1, -0.05) is 67.1 Å². The number of carbonyl (C=O) groups excluding carboxylic acids is 1. The van der Waals surface area contributed by atoms with Crippen molar-refractivity contribution in [3.05, 3.63) is 101 Å². The minimum atomic E-state index is -3.47. The van der Waals surface area contributed by atoms with Crippen molar-refractivity contribution in [2.24, 2.45) is 0 Å². The summed E-state index contributed by atoms with van der Waals surface area (Å²) in [7, 11) is -3.47. The number of hydrogen-bond acceptors (Lipinski definition) is 3. The molecule has 3 rings (SSSR count). The Morgan fingerprint density at radius 1 is 0.969 bits per heavy atom. The molecule has 1 amide bonds. The number of sulfonamides is 1. The zero-order valence-corrected chi connectivity index (χ0v) is 19.8. The van der Waals surface area contributed by atoms with E-state index in [0.29, 0.717) is 17.8 Å². The molecule has 5 nitrogen and oxygen atoms in total. The molecule has 6 heteroatoms. The standard InChI is InChI=1S/C26H30N2O3S/c1-19-10-15-25(20(2)16-19)28(32(4,30)31)18-22-11-13-24(14-12-22)26(29)27-17-21(3)23-8-6-5-7-9-23/h5-16,21H,17-18H2,1-4H3,(H,27,29)/t21-/m1/s1. The fraction of sp³-hybridized carbons (Fsp3) is 0.269. The van der Waals surface area contributed by atoms with E-state index < -0.39 is 10.0 Å². The molecule has 0 bridgehead atoms. The molecule has 32 heavy (non-hydrogen) atoms. The number of aryl methyl sites for hydroxylation is 2. The van der Waals surface area contributed by atoms with Crippen LogP contribution in [0.2, 0.25) is 0 Å². The highest BCUT2D eigenvalue weighted by atomic mass is 32.2. The molecule has 0 saturated heterocycles. The van der Waals surface area contributed by atoms with E-state index in [2.05, 4.69) is 24.4 Å². The summed E-state index contributed by atoms with van der Waals surface area (Å²) in [5, 5.41) is 2.98. The zero-order chi connectivity index (χ0) is 23.3. The molecule has 0 aliphatic rings. The van der Waals surface area contributed by atoms with Crippen molar-refractivity contribution < 1.29 is 13.2 Å². The number of amides is 1. The summed E-state index contributed by atoms with van der Waals surface area (Å²) < 4.78 is 26.4. The highest BCUT2D eigenvalue weighted by Gasteiger charge is 2.20. The van der Waals surface area contributed by atoms with Crippen molar-refractivity contribution in [2.45, 2.75) is 33.2 Å². The predicted octanol–water partition coefficient (Wildman–Crippen LogP) is 4.80. The van der Waals surface area contributed by atoms with Crippen molar-refractivity contribution in [1.82, 2.24) is 5.32 Å². The fourth-order valence-electron chi connectivity index (χ4n) is 3.64. The molecule has 0 aromatic heterocycles. The maximum atomic E-state index is 12.6. The molecule has 3 aromatic rings. The first kappa shape index (κ1) is 23.5. The summed E-state index contributed by atoms with van der Waals surface area (Å²) in [6.07, 6.45) is 1.21. The van der Waals surface area contributed by atoms with Crippen LogP contribution in [0.5, 0.6) is 0 Å². The van der Waals surface area contributed by atoms with Crippen LogP contribution in [0, 0.1) is 13.8 Å². The van der Waals surface area contributed by atoms with Crippen molar-refractivity contribution in [3.63, 3.8) is 0 Å². The number of anilines is 1. The van der Waals surface area contributed by atoms with E-state index in [9.17, 15) is 13.2 Å². The number of rotatable bonds is 8. The minimum absolute atomic E-state index is 0.145. The number of nitrogens with zero attached hydrogens (tertiary/aromatic N) is 1. The Bertz CT molecular complexity index is 1170. The van der Waals surface area contributed by atoms with Crippen molar-refractivity contribution >= 4 is 21.6 Å². The Labute approximate surface area is 191 Å². The third-order valence-corrected chi connectivity index (χ3v) is 6.63. The van der Waals surface area contributed by atoms with Gasteiger partial charge in [0.15, 0.2) is 0 Å². The topological polar surface area (TPSA) is 66.5 Å². The number of hydrogen-bond donors (Lipinski definition) is 1. The van der Waals surface area contributed by atoms with Gasteiger partial charge in [0.2, 0.25) is 10.0 Å². The van der Waals surface area contributed by atoms with E-state index in [0.717, 1.165) is 16.7 Å². The van der Waals surface area contributed by atoms with Crippen LogP contribution in [0.15, 0.2) is 72.8 Å². The Kier molecular flexibility index (Phi) is 7.36. The molecule has 168 valence electrons. The molecular weight excluding hydrogens is 420 g/mol. The Balaban J connectivity index is 1.69. The van der Waals surface area contributed by atoms with E-state index in [-0.39, 0.29) is 18.4 Å². The van der Waals surface area contributed by atoms with Crippen LogP contribution in [0.25, 0.3) is 0 Å². The zero-order valence-electron chi connectivity index (χ0n) is 19.0. The molecule has 0 spiro atoms. The van der Waals surface area contributed by atoms with Crippen LogP contribution in [0.1, 0.15) is 45.5 Å². The number of carbonyl (C=O) groups is 1. The van der Waals surface area contributed by atoms with E-state index in [1.165, 1.54) is 16.1 Å². The second kappa shape index (κ2) is 10.0. The smallest absolute Gasteiger partial charge is 0.251 e. The highest BCUT2D eigenvalue weighted by Crippen LogP contribution is 2.25. The largest absolute Gasteiger partial charge is 0.351 e. The molecular formula is C26H30N2O3S. The molecule has 1 atom stereocenters. The maximum absolute atomic E-state index is 12.6. The summed E-state index contributed by atoms with van der Waals surface area (Å²) in [6, 6.07) is 22.8. The van der Waals surface area contributed by atoms with Gasteiger partial charge in [0.05, 0.1) is 18.5 Å². The summed E-state index contributed by atoms with van der Waals surface area (Å²) in [4.78, 5) is 12.6. The summed E-state index contributed by atoms with van der Waals surface area (Å²) in [5.41, 5.74) is 5.18. The lowest BCUT2D eigenvalue weighted by Gasteiger charge is -2.24. The summed E-state index contributed by atoms with van der Waals surface area (Å²) >= 11 is 0. The average molecular weight is 451 g/mol. The quantitative estimate of drug-likeness (QED) is 0.536. The van der Waals surface area contributed by atoms with Crippen molar-refractivity contribution in [3.8, 4) is 0 Å². The predicted molar refractivity (Wildman–Crippen MR) is 131 cm³/mol. The van der Waals surface area contributed by atoms with Gasteiger partial charge in [-0.15, -0.1) is 0 Å². The number of nitrogens with one attached hydrogen (secondary N) is 1. The van der Waals surface area contributed by atoms with Crippen LogP contribution < -0.4 is 9.62 Å². The van der Waals surface area contributed by atoms with Crippen molar-refractivity contribution in [1.29, 1.82) is 0 Å². The highest BCUT2D eigenvalue weighted by molar-refractivity contribution is 7.92. The second-order valence-electron chi connectivity index (χ2n) is 8.28. The molecule has 0 fully saturated rings. The third-order valence-electron chi connectivity index (χ3n) is 5.50. The lowest BCUT2D eigenvalue weighted by molar-refractivity contribution is 0.0951. The lowest BCUT2D eigenvalue weighted by atomic mass is 10.0. The molecule has 1 N–H and O–H groups in total.